The van der Waals surface area contributed by atoms with Crippen LogP contribution in [0.5, 0.6) is 0 Å². The minimum atomic E-state index is 0.310. The van der Waals surface area contributed by atoms with E-state index in [-0.39, 0.29) is 0 Å². The first-order chi connectivity index (χ1) is 11.2. The lowest BCUT2D eigenvalue weighted by atomic mass is 9.99. The molecule has 3 heteroatoms. The Morgan fingerprint density at radius 1 is 0.600 bits per heavy atom. The van der Waals surface area contributed by atoms with Crippen molar-refractivity contribution in [3.63, 3.8) is 0 Å². The maximum Gasteiger partial charge on any atom is 0.0573 e. The molecule has 0 aromatic carbocycles. The average molecular weight is 363 g/mol. The van der Waals surface area contributed by atoms with E-state index in [4.69, 9.17) is 14.2 Å². The SMILES string of the molecule is CC(C)OC(C)C.CC(C)OCC(C)(C)C.CCC(CC)OC(C)C. The molecule has 156 valence electrons. The molecule has 0 N–H and O–H groups in total. The maximum atomic E-state index is 5.55. The molecule has 0 saturated carbocycles. The zero-order chi connectivity index (χ0) is 20.6. The lowest BCUT2D eigenvalue weighted by Gasteiger charge is -2.19. The van der Waals surface area contributed by atoms with Crippen LogP contribution < -0.4 is 0 Å². The molecule has 0 atom stereocenters. The van der Waals surface area contributed by atoms with Crippen molar-refractivity contribution in [3.05, 3.63) is 0 Å². The van der Waals surface area contributed by atoms with Gasteiger partial charge in [0, 0.05) is 0 Å². The summed E-state index contributed by atoms with van der Waals surface area (Å²) in [5, 5.41) is 0. The fraction of sp³-hybridized carbons (Fsp3) is 1.00. The van der Waals surface area contributed by atoms with E-state index in [1.54, 1.807) is 0 Å². The van der Waals surface area contributed by atoms with Gasteiger partial charge in [0.15, 0.2) is 0 Å². The van der Waals surface area contributed by atoms with E-state index in [2.05, 4.69) is 62.3 Å². The van der Waals surface area contributed by atoms with Crippen molar-refractivity contribution in [2.24, 2.45) is 5.41 Å². The quantitative estimate of drug-likeness (QED) is 0.471. The second kappa shape index (κ2) is 17.3. The van der Waals surface area contributed by atoms with Crippen LogP contribution in [0.4, 0.5) is 0 Å². The van der Waals surface area contributed by atoms with Gasteiger partial charge in [0.2, 0.25) is 0 Å². The number of hydrogen-bond acceptors (Lipinski definition) is 3. The Morgan fingerprint density at radius 2 is 0.960 bits per heavy atom. The average Bonchev–Trinajstić information content (AvgIpc) is 2.41. The predicted molar refractivity (Wildman–Crippen MR) is 112 cm³/mol. The number of ether oxygens (including phenoxy) is 3. The van der Waals surface area contributed by atoms with Gasteiger partial charge in [-0.3, -0.25) is 0 Å². The Morgan fingerprint density at radius 3 is 1.04 bits per heavy atom. The van der Waals surface area contributed by atoms with Crippen molar-refractivity contribution in [1.82, 2.24) is 0 Å². The van der Waals surface area contributed by atoms with E-state index in [9.17, 15) is 0 Å². The Bertz CT molecular complexity index is 242. The third-order valence-corrected chi connectivity index (χ3v) is 2.77. The van der Waals surface area contributed by atoms with Gasteiger partial charge in [-0.2, -0.15) is 0 Å². The Labute approximate surface area is 160 Å². The fourth-order valence-electron chi connectivity index (χ4n) is 1.83. The van der Waals surface area contributed by atoms with Crippen LogP contribution in [-0.4, -0.2) is 37.1 Å². The van der Waals surface area contributed by atoms with Crippen LogP contribution in [0.2, 0.25) is 0 Å². The summed E-state index contributed by atoms with van der Waals surface area (Å²) >= 11 is 0. The smallest absolute Gasteiger partial charge is 0.0573 e. The van der Waals surface area contributed by atoms with E-state index in [1.807, 2.05) is 27.7 Å². The summed E-state index contributed by atoms with van der Waals surface area (Å²) in [6.45, 7) is 28.2. The molecule has 0 bridgehead atoms. The largest absolute Gasteiger partial charge is 0.378 e. The summed E-state index contributed by atoms with van der Waals surface area (Å²) in [4.78, 5) is 0. The van der Waals surface area contributed by atoms with E-state index in [0.717, 1.165) is 19.4 Å². The van der Waals surface area contributed by atoms with Gasteiger partial charge < -0.3 is 14.2 Å². The highest BCUT2D eigenvalue weighted by molar-refractivity contribution is 4.59. The lowest BCUT2D eigenvalue weighted by molar-refractivity contribution is 0.00411. The van der Waals surface area contributed by atoms with Crippen LogP contribution in [0.1, 0.15) is 103 Å². The fourth-order valence-corrected chi connectivity index (χ4v) is 1.83. The molecule has 0 aromatic heterocycles. The van der Waals surface area contributed by atoms with Gasteiger partial charge in [0.05, 0.1) is 37.1 Å². The van der Waals surface area contributed by atoms with Crippen LogP contribution >= 0.6 is 0 Å². The monoisotopic (exact) mass is 362 g/mol. The highest BCUT2D eigenvalue weighted by atomic mass is 16.5. The van der Waals surface area contributed by atoms with Gasteiger partial charge in [-0.05, 0) is 73.6 Å². The van der Waals surface area contributed by atoms with Crippen LogP contribution in [0.25, 0.3) is 0 Å². The van der Waals surface area contributed by atoms with Gasteiger partial charge in [-0.1, -0.05) is 34.6 Å². The van der Waals surface area contributed by atoms with Gasteiger partial charge >= 0.3 is 0 Å². The van der Waals surface area contributed by atoms with E-state index in [1.165, 1.54) is 0 Å². The molecule has 0 unspecified atom stereocenters. The highest BCUT2D eigenvalue weighted by Gasteiger charge is 2.10. The van der Waals surface area contributed by atoms with Crippen molar-refractivity contribution >= 4 is 0 Å². The Hall–Kier alpha value is -0.120. The zero-order valence-corrected chi connectivity index (χ0v) is 19.7. The van der Waals surface area contributed by atoms with Crippen LogP contribution in [0.3, 0.4) is 0 Å². The second-order valence-electron chi connectivity index (χ2n) is 8.78. The summed E-state index contributed by atoms with van der Waals surface area (Å²) in [5.74, 6) is 0. The minimum Gasteiger partial charge on any atom is -0.378 e. The summed E-state index contributed by atoms with van der Waals surface area (Å²) in [6.07, 6.45) is 4.24. The van der Waals surface area contributed by atoms with Crippen molar-refractivity contribution in [2.75, 3.05) is 6.61 Å². The molecule has 0 spiro atoms. The topological polar surface area (TPSA) is 27.7 Å². The zero-order valence-electron chi connectivity index (χ0n) is 19.7. The molecule has 0 aliphatic carbocycles. The summed E-state index contributed by atoms with van der Waals surface area (Å²) in [5.41, 5.74) is 0.310. The normalized spacial score (nSPS) is 11.8. The van der Waals surface area contributed by atoms with Gasteiger partial charge in [0.1, 0.15) is 0 Å². The standard InChI is InChI=1S/2C8H18O.C6H14O/c1-7(2)9-6-8(3,4)5;1-5-8(6-2)9-7(3)4;1-5(2)7-6(3)4/h7H,6H2,1-5H3;7-8H,5-6H2,1-4H3;5-6H,1-4H3. The summed E-state index contributed by atoms with van der Waals surface area (Å²) in [6, 6.07) is 0. The molecule has 0 amide bonds. The van der Waals surface area contributed by atoms with Gasteiger partial charge in [-0.15, -0.1) is 0 Å². The van der Waals surface area contributed by atoms with Crippen molar-refractivity contribution in [2.45, 2.75) is 133 Å². The van der Waals surface area contributed by atoms with E-state index >= 15 is 0 Å². The highest BCUT2D eigenvalue weighted by Crippen LogP contribution is 2.13. The first kappa shape index (κ1) is 29.6. The molecule has 0 radical (unpaired) electrons. The third kappa shape index (κ3) is 35.8. The molecule has 0 saturated heterocycles. The second-order valence-corrected chi connectivity index (χ2v) is 8.78. The number of rotatable bonds is 8. The first-order valence-corrected chi connectivity index (χ1v) is 10.2. The van der Waals surface area contributed by atoms with Crippen molar-refractivity contribution in [1.29, 1.82) is 0 Å². The maximum absolute atomic E-state index is 5.55. The molecule has 0 heterocycles. The molecule has 3 nitrogen and oxygen atoms in total. The Balaban J connectivity index is -0.000000293. The summed E-state index contributed by atoms with van der Waals surface area (Å²) in [7, 11) is 0. The molecule has 0 aliphatic heterocycles. The number of hydrogen-bond donors (Lipinski definition) is 0. The molecular weight excluding hydrogens is 312 g/mol. The molecule has 0 fully saturated rings. The Kier molecular flexibility index (Phi) is 20.5. The van der Waals surface area contributed by atoms with Crippen LogP contribution in [0.15, 0.2) is 0 Å². The third-order valence-electron chi connectivity index (χ3n) is 2.77. The minimum absolute atomic E-state index is 0.310. The van der Waals surface area contributed by atoms with Gasteiger partial charge in [-0.25, -0.2) is 0 Å². The van der Waals surface area contributed by atoms with E-state index in [0.29, 0.717) is 35.9 Å². The predicted octanol–water partition coefficient (Wildman–Crippen LogP) is 6.88. The van der Waals surface area contributed by atoms with Crippen LogP contribution in [0, 0.1) is 5.41 Å². The molecule has 25 heavy (non-hydrogen) atoms. The first-order valence-electron chi connectivity index (χ1n) is 10.2. The molecule has 0 rings (SSSR count). The van der Waals surface area contributed by atoms with E-state index < -0.39 is 0 Å². The molecule has 0 aliphatic rings. The lowest BCUT2D eigenvalue weighted by Crippen LogP contribution is -2.17. The van der Waals surface area contributed by atoms with Crippen molar-refractivity contribution in [3.8, 4) is 0 Å². The van der Waals surface area contributed by atoms with Crippen molar-refractivity contribution < 1.29 is 14.2 Å². The van der Waals surface area contributed by atoms with Crippen LogP contribution in [-0.2, 0) is 14.2 Å². The molecular formula is C22H50O3. The van der Waals surface area contributed by atoms with Gasteiger partial charge in [0.25, 0.3) is 0 Å². The summed E-state index contributed by atoms with van der Waals surface area (Å²) < 4.78 is 16.2. The molecule has 0 aromatic rings.